The Balaban J connectivity index is 1.22. The van der Waals surface area contributed by atoms with Crippen LogP contribution in [0.2, 0.25) is 0 Å². The molecule has 1 unspecified atom stereocenters. The van der Waals surface area contributed by atoms with Gasteiger partial charge in [-0.05, 0) is 90.4 Å². The van der Waals surface area contributed by atoms with Crippen molar-refractivity contribution in [2.75, 3.05) is 0 Å². The van der Waals surface area contributed by atoms with E-state index in [9.17, 15) is 15.8 Å². The van der Waals surface area contributed by atoms with E-state index in [-0.39, 0.29) is 0 Å². The summed E-state index contributed by atoms with van der Waals surface area (Å²) in [4.78, 5) is 0. The molecule has 51 heavy (non-hydrogen) atoms. The van der Waals surface area contributed by atoms with Gasteiger partial charge in [0.1, 0.15) is 6.07 Å². The molecule has 5 heteroatoms. The summed E-state index contributed by atoms with van der Waals surface area (Å²) in [6.07, 6.45) is 9.02. The van der Waals surface area contributed by atoms with Crippen molar-refractivity contribution in [3.05, 3.63) is 155 Å². The SMILES string of the molecule is CC1C=Cc2c(c3ccccc3n2-c2cccc(-c3cccc(-c4ccccc4-n4c5c(c6cc(C#N)ccc64)C(C#N)=CCC5)c3)c2C#N)C1. The van der Waals surface area contributed by atoms with E-state index in [1.807, 2.05) is 42.5 Å². The molecule has 0 spiro atoms. The number of para-hydroxylation sites is 2. The molecule has 0 amide bonds. The van der Waals surface area contributed by atoms with E-state index in [1.54, 1.807) is 0 Å². The standard InChI is InChI=1S/C46H31N5/c1-29-19-21-43-37(23-29)36-13-3-5-16-41(36)50(43)42-17-8-14-34(39(42)28-49)31-9-6-10-32(25-31)35-12-2-4-15-40(35)51-44-22-20-30(26-47)24-38(44)46-33(27-48)11-7-18-45(46)51/h2-6,8-17,19-22,24-25,29H,7,18,23H2,1H3. The average molecular weight is 654 g/mol. The quantitative estimate of drug-likeness (QED) is 0.190. The minimum Gasteiger partial charge on any atom is -0.312 e. The number of allylic oxidation sites excluding steroid dienone is 3. The Hall–Kier alpha value is -6.87. The van der Waals surface area contributed by atoms with Gasteiger partial charge in [-0.3, -0.25) is 0 Å². The van der Waals surface area contributed by atoms with Crippen LogP contribution in [-0.4, -0.2) is 9.13 Å². The molecular weight excluding hydrogens is 623 g/mol. The predicted octanol–water partition coefficient (Wildman–Crippen LogP) is 10.7. The molecule has 0 aliphatic heterocycles. The highest BCUT2D eigenvalue weighted by atomic mass is 15.0. The number of nitriles is 3. The van der Waals surface area contributed by atoms with E-state index < -0.39 is 0 Å². The number of hydrogen-bond acceptors (Lipinski definition) is 3. The Kier molecular flexibility index (Phi) is 7.06. The number of fused-ring (bicyclic) bond motifs is 6. The summed E-state index contributed by atoms with van der Waals surface area (Å²) in [5.41, 5.74) is 14.2. The molecule has 5 nitrogen and oxygen atoms in total. The molecule has 2 heterocycles. The first-order valence-electron chi connectivity index (χ1n) is 17.3. The molecule has 0 saturated heterocycles. The fourth-order valence-electron chi connectivity index (χ4n) is 8.26. The molecule has 2 aliphatic rings. The van der Waals surface area contributed by atoms with Crippen LogP contribution < -0.4 is 0 Å². The molecule has 1 atom stereocenters. The van der Waals surface area contributed by atoms with Gasteiger partial charge in [0, 0.05) is 38.9 Å². The lowest BCUT2D eigenvalue weighted by atomic mass is 9.93. The number of benzene rings is 5. The number of aromatic nitrogens is 2. The highest BCUT2D eigenvalue weighted by molar-refractivity contribution is 6.01. The second kappa shape index (κ2) is 11.9. The second-order valence-corrected chi connectivity index (χ2v) is 13.4. The Bertz CT molecular complexity index is 2780. The van der Waals surface area contributed by atoms with Gasteiger partial charge in [-0.1, -0.05) is 85.8 Å². The largest absolute Gasteiger partial charge is 0.312 e. The lowest BCUT2D eigenvalue weighted by Crippen LogP contribution is -2.07. The zero-order valence-electron chi connectivity index (χ0n) is 28.1. The molecule has 7 aromatic rings. The van der Waals surface area contributed by atoms with Gasteiger partial charge in [-0.2, -0.15) is 15.8 Å². The third kappa shape index (κ3) is 4.66. The third-order valence-corrected chi connectivity index (χ3v) is 10.5. The summed E-state index contributed by atoms with van der Waals surface area (Å²) in [5, 5.41) is 32.8. The normalized spacial score (nSPS) is 14.7. The third-order valence-electron chi connectivity index (χ3n) is 10.5. The zero-order valence-corrected chi connectivity index (χ0v) is 28.1. The van der Waals surface area contributed by atoms with Crippen molar-refractivity contribution in [2.45, 2.75) is 26.2 Å². The minimum atomic E-state index is 0.457. The Morgan fingerprint density at radius 1 is 0.667 bits per heavy atom. The first-order valence-corrected chi connectivity index (χ1v) is 17.3. The molecule has 2 aliphatic carbocycles. The zero-order chi connectivity index (χ0) is 34.6. The summed E-state index contributed by atoms with van der Waals surface area (Å²) < 4.78 is 4.53. The smallest absolute Gasteiger partial charge is 0.102 e. The van der Waals surface area contributed by atoms with Gasteiger partial charge in [-0.15, -0.1) is 0 Å². The van der Waals surface area contributed by atoms with Crippen molar-refractivity contribution in [1.29, 1.82) is 15.8 Å². The molecule has 5 aromatic carbocycles. The molecule has 0 fully saturated rings. The molecule has 2 aromatic heterocycles. The van der Waals surface area contributed by atoms with E-state index in [2.05, 4.69) is 119 Å². The Morgan fingerprint density at radius 2 is 1.41 bits per heavy atom. The van der Waals surface area contributed by atoms with Crippen molar-refractivity contribution < 1.29 is 0 Å². The Labute approximate surface area is 296 Å². The van der Waals surface area contributed by atoms with Gasteiger partial charge in [0.15, 0.2) is 0 Å². The molecular formula is C46H31N5. The van der Waals surface area contributed by atoms with Crippen LogP contribution in [0.25, 0.3) is 67.1 Å². The first kappa shape index (κ1) is 30.2. The van der Waals surface area contributed by atoms with Gasteiger partial charge in [-0.25, -0.2) is 0 Å². The van der Waals surface area contributed by atoms with Crippen molar-refractivity contribution in [3.8, 4) is 51.8 Å². The highest BCUT2D eigenvalue weighted by Gasteiger charge is 2.26. The minimum absolute atomic E-state index is 0.457. The topological polar surface area (TPSA) is 81.2 Å². The second-order valence-electron chi connectivity index (χ2n) is 13.4. The van der Waals surface area contributed by atoms with Crippen LogP contribution in [0.5, 0.6) is 0 Å². The molecule has 0 N–H and O–H groups in total. The Morgan fingerprint density at radius 3 is 2.25 bits per heavy atom. The van der Waals surface area contributed by atoms with Crippen molar-refractivity contribution in [3.63, 3.8) is 0 Å². The monoisotopic (exact) mass is 653 g/mol. The fourth-order valence-corrected chi connectivity index (χ4v) is 8.26. The predicted molar refractivity (Wildman–Crippen MR) is 204 cm³/mol. The summed E-state index contributed by atoms with van der Waals surface area (Å²) >= 11 is 0. The lowest BCUT2D eigenvalue weighted by molar-refractivity contribution is 0.717. The fraction of sp³-hybridized carbons (Fsp3) is 0.109. The maximum atomic E-state index is 10.8. The number of rotatable bonds is 4. The number of nitrogens with zero attached hydrogens (tertiary/aromatic N) is 5. The average Bonchev–Trinajstić information content (AvgIpc) is 3.69. The van der Waals surface area contributed by atoms with Crippen LogP contribution in [0.15, 0.2) is 121 Å². The van der Waals surface area contributed by atoms with Gasteiger partial charge < -0.3 is 9.13 Å². The van der Waals surface area contributed by atoms with Crippen LogP contribution in [-0.2, 0) is 12.8 Å². The van der Waals surface area contributed by atoms with Crippen LogP contribution in [0.1, 0.15) is 47.0 Å². The van der Waals surface area contributed by atoms with Gasteiger partial charge in [0.05, 0.1) is 51.2 Å². The van der Waals surface area contributed by atoms with E-state index in [4.69, 9.17) is 0 Å². The van der Waals surface area contributed by atoms with Crippen LogP contribution >= 0.6 is 0 Å². The maximum absolute atomic E-state index is 10.8. The van der Waals surface area contributed by atoms with Crippen molar-refractivity contribution >= 4 is 33.5 Å². The molecule has 0 bridgehead atoms. The number of hydrogen-bond donors (Lipinski definition) is 0. The summed E-state index contributed by atoms with van der Waals surface area (Å²) in [5.74, 6) is 0.457. The van der Waals surface area contributed by atoms with Gasteiger partial charge >= 0.3 is 0 Å². The van der Waals surface area contributed by atoms with Gasteiger partial charge in [0.2, 0.25) is 0 Å². The highest BCUT2D eigenvalue weighted by Crippen LogP contribution is 2.42. The van der Waals surface area contributed by atoms with Crippen molar-refractivity contribution in [2.24, 2.45) is 5.92 Å². The lowest BCUT2D eigenvalue weighted by Gasteiger charge is -2.19. The van der Waals surface area contributed by atoms with Crippen LogP contribution in [0, 0.1) is 39.9 Å². The molecule has 0 saturated carbocycles. The van der Waals surface area contributed by atoms with Crippen molar-refractivity contribution in [1.82, 2.24) is 9.13 Å². The van der Waals surface area contributed by atoms with E-state index in [0.717, 1.165) is 86.3 Å². The summed E-state index contributed by atoms with van der Waals surface area (Å²) in [7, 11) is 0. The first-order chi connectivity index (χ1) is 25.1. The summed E-state index contributed by atoms with van der Waals surface area (Å²) in [6, 6.07) is 44.5. The molecule has 0 radical (unpaired) electrons. The molecule has 9 rings (SSSR count). The van der Waals surface area contributed by atoms with E-state index >= 15 is 0 Å². The molecule has 240 valence electrons. The van der Waals surface area contributed by atoms with E-state index in [1.165, 1.54) is 10.9 Å². The van der Waals surface area contributed by atoms with Gasteiger partial charge in [0.25, 0.3) is 0 Å². The maximum Gasteiger partial charge on any atom is 0.102 e. The van der Waals surface area contributed by atoms with E-state index in [0.29, 0.717) is 22.6 Å². The van der Waals surface area contributed by atoms with Crippen LogP contribution in [0.4, 0.5) is 0 Å². The summed E-state index contributed by atoms with van der Waals surface area (Å²) in [6.45, 7) is 2.25. The van der Waals surface area contributed by atoms with Crippen LogP contribution in [0.3, 0.4) is 0 Å².